The quantitative estimate of drug-likeness (QED) is 0.810. The molecule has 0 aliphatic carbocycles. The van der Waals surface area contributed by atoms with Crippen LogP contribution in [0.1, 0.15) is 43.1 Å². The molecule has 2 saturated heterocycles. The second-order valence-corrected chi connectivity index (χ2v) is 6.88. The summed E-state index contributed by atoms with van der Waals surface area (Å²) in [4.78, 5) is 16.6. The highest BCUT2D eigenvalue weighted by Crippen LogP contribution is 2.39. The first-order valence-corrected chi connectivity index (χ1v) is 9.05. The van der Waals surface area contributed by atoms with Gasteiger partial charge in [-0.1, -0.05) is 6.92 Å². The van der Waals surface area contributed by atoms with E-state index < -0.39 is 0 Å². The summed E-state index contributed by atoms with van der Waals surface area (Å²) in [5, 5.41) is 0.0800. The minimum absolute atomic E-state index is 0.0800. The van der Waals surface area contributed by atoms with Gasteiger partial charge in [-0.15, -0.1) is 11.8 Å². The molecule has 0 bridgehead atoms. The first kappa shape index (κ1) is 15.0. The molecule has 3 heterocycles. The highest BCUT2D eigenvalue weighted by molar-refractivity contribution is 8.00. The second kappa shape index (κ2) is 6.88. The second-order valence-electron chi connectivity index (χ2n) is 5.81. The SMILES string of the molecule is CCc1ccc(C2SCC(=O)N2CCCN2CCCC2)o1. The molecule has 3 rings (SSSR count). The zero-order chi connectivity index (χ0) is 14.7. The molecule has 0 radical (unpaired) electrons. The molecular formula is C16H24N2O2S. The van der Waals surface area contributed by atoms with Crippen LogP contribution in [0.2, 0.25) is 0 Å². The van der Waals surface area contributed by atoms with Gasteiger partial charge in [0.05, 0.1) is 5.75 Å². The van der Waals surface area contributed by atoms with E-state index in [1.165, 1.54) is 25.9 Å². The number of likely N-dealkylation sites (tertiary alicyclic amines) is 1. The Kier molecular flexibility index (Phi) is 4.91. The molecule has 2 fully saturated rings. The normalized spacial score (nSPS) is 23.4. The maximum atomic E-state index is 12.1. The number of furan rings is 1. The van der Waals surface area contributed by atoms with Crippen molar-refractivity contribution < 1.29 is 9.21 Å². The van der Waals surface area contributed by atoms with Crippen molar-refractivity contribution in [1.29, 1.82) is 0 Å². The first-order valence-electron chi connectivity index (χ1n) is 8.00. The van der Waals surface area contributed by atoms with Gasteiger partial charge in [-0.05, 0) is 51.0 Å². The Bertz CT molecular complexity index is 482. The van der Waals surface area contributed by atoms with E-state index >= 15 is 0 Å². The van der Waals surface area contributed by atoms with Crippen molar-refractivity contribution in [3.05, 3.63) is 23.7 Å². The van der Waals surface area contributed by atoms with Crippen molar-refractivity contribution in [2.24, 2.45) is 0 Å². The maximum absolute atomic E-state index is 12.1. The van der Waals surface area contributed by atoms with Gasteiger partial charge < -0.3 is 14.2 Å². The lowest BCUT2D eigenvalue weighted by Gasteiger charge is -2.23. The molecule has 1 amide bonds. The smallest absolute Gasteiger partial charge is 0.233 e. The monoisotopic (exact) mass is 308 g/mol. The maximum Gasteiger partial charge on any atom is 0.233 e. The Morgan fingerprint density at radius 3 is 2.81 bits per heavy atom. The predicted molar refractivity (Wildman–Crippen MR) is 85.3 cm³/mol. The molecule has 116 valence electrons. The van der Waals surface area contributed by atoms with Gasteiger partial charge in [0.15, 0.2) is 0 Å². The van der Waals surface area contributed by atoms with E-state index in [0.717, 1.165) is 37.5 Å². The Morgan fingerprint density at radius 1 is 1.29 bits per heavy atom. The topological polar surface area (TPSA) is 36.7 Å². The van der Waals surface area contributed by atoms with Crippen molar-refractivity contribution in [1.82, 2.24) is 9.80 Å². The van der Waals surface area contributed by atoms with E-state index in [0.29, 0.717) is 5.75 Å². The lowest BCUT2D eigenvalue weighted by molar-refractivity contribution is -0.128. The molecule has 2 aliphatic heterocycles. The molecule has 5 heteroatoms. The fraction of sp³-hybridized carbons (Fsp3) is 0.688. The van der Waals surface area contributed by atoms with Crippen LogP contribution in [0.15, 0.2) is 16.5 Å². The third kappa shape index (κ3) is 3.46. The average molecular weight is 308 g/mol. The highest BCUT2D eigenvalue weighted by Gasteiger charge is 2.34. The molecule has 1 aromatic heterocycles. The Hall–Kier alpha value is -0.940. The number of nitrogens with zero attached hydrogens (tertiary/aromatic N) is 2. The van der Waals surface area contributed by atoms with E-state index in [-0.39, 0.29) is 11.3 Å². The summed E-state index contributed by atoms with van der Waals surface area (Å²) in [6.07, 6.45) is 4.62. The van der Waals surface area contributed by atoms with Gasteiger partial charge in [0.2, 0.25) is 5.91 Å². The lowest BCUT2D eigenvalue weighted by Crippen LogP contribution is -2.31. The van der Waals surface area contributed by atoms with E-state index in [4.69, 9.17) is 4.42 Å². The van der Waals surface area contributed by atoms with Crippen molar-refractivity contribution in [3.8, 4) is 0 Å². The third-order valence-electron chi connectivity index (χ3n) is 4.31. The van der Waals surface area contributed by atoms with Crippen LogP contribution >= 0.6 is 11.8 Å². The largest absolute Gasteiger partial charge is 0.463 e. The van der Waals surface area contributed by atoms with Gasteiger partial charge in [0, 0.05) is 13.0 Å². The zero-order valence-corrected chi connectivity index (χ0v) is 13.5. The first-order chi connectivity index (χ1) is 10.3. The molecule has 0 N–H and O–H groups in total. The molecule has 1 unspecified atom stereocenters. The Labute approximate surface area is 130 Å². The number of rotatable bonds is 6. The summed E-state index contributed by atoms with van der Waals surface area (Å²) in [6, 6.07) is 4.06. The fourth-order valence-corrected chi connectivity index (χ4v) is 4.28. The zero-order valence-electron chi connectivity index (χ0n) is 12.7. The number of aryl methyl sites for hydroxylation is 1. The summed E-state index contributed by atoms with van der Waals surface area (Å²) < 4.78 is 5.85. The average Bonchev–Trinajstić information content (AvgIpc) is 3.21. The van der Waals surface area contributed by atoms with E-state index in [1.54, 1.807) is 11.8 Å². The minimum Gasteiger partial charge on any atom is -0.463 e. The predicted octanol–water partition coefficient (Wildman–Crippen LogP) is 2.90. The van der Waals surface area contributed by atoms with Crippen LogP contribution in [0.25, 0.3) is 0 Å². The number of carbonyl (C=O) groups is 1. The molecule has 0 saturated carbocycles. The van der Waals surface area contributed by atoms with Crippen molar-refractivity contribution >= 4 is 17.7 Å². The molecule has 1 aromatic rings. The summed E-state index contributed by atoms with van der Waals surface area (Å²) >= 11 is 1.69. The van der Waals surface area contributed by atoms with E-state index in [2.05, 4.69) is 11.8 Å². The van der Waals surface area contributed by atoms with Gasteiger partial charge >= 0.3 is 0 Å². The van der Waals surface area contributed by atoms with Gasteiger partial charge in [-0.3, -0.25) is 4.79 Å². The molecule has 0 spiro atoms. The number of hydrogen-bond acceptors (Lipinski definition) is 4. The molecule has 4 nitrogen and oxygen atoms in total. The number of hydrogen-bond donors (Lipinski definition) is 0. The lowest BCUT2D eigenvalue weighted by atomic mass is 10.3. The summed E-state index contributed by atoms with van der Waals surface area (Å²) in [5.41, 5.74) is 0. The van der Waals surface area contributed by atoms with Gasteiger partial charge in [0.25, 0.3) is 0 Å². The Balaban J connectivity index is 1.56. The minimum atomic E-state index is 0.0800. The molecule has 0 aromatic carbocycles. The van der Waals surface area contributed by atoms with Crippen LogP contribution in [0.4, 0.5) is 0 Å². The van der Waals surface area contributed by atoms with Gasteiger partial charge in [-0.25, -0.2) is 0 Å². The third-order valence-corrected chi connectivity index (χ3v) is 5.53. The van der Waals surface area contributed by atoms with Crippen molar-refractivity contribution in [2.45, 2.75) is 38.0 Å². The van der Waals surface area contributed by atoms with Crippen LogP contribution in [-0.4, -0.2) is 47.6 Å². The number of amides is 1. The van der Waals surface area contributed by atoms with Crippen LogP contribution in [0, 0.1) is 0 Å². The Morgan fingerprint density at radius 2 is 2.10 bits per heavy atom. The van der Waals surface area contributed by atoms with Crippen LogP contribution in [0.5, 0.6) is 0 Å². The molecule has 21 heavy (non-hydrogen) atoms. The van der Waals surface area contributed by atoms with E-state index in [1.807, 2.05) is 17.0 Å². The van der Waals surface area contributed by atoms with Gasteiger partial charge in [-0.2, -0.15) is 0 Å². The highest BCUT2D eigenvalue weighted by atomic mass is 32.2. The summed E-state index contributed by atoms with van der Waals surface area (Å²) in [5.74, 6) is 2.77. The number of thioether (sulfide) groups is 1. The van der Waals surface area contributed by atoms with Crippen molar-refractivity contribution in [2.75, 3.05) is 31.9 Å². The molecular weight excluding hydrogens is 284 g/mol. The van der Waals surface area contributed by atoms with Crippen LogP contribution in [-0.2, 0) is 11.2 Å². The van der Waals surface area contributed by atoms with Crippen LogP contribution in [0.3, 0.4) is 0 Å². The standard InChI is InChI=1S/C16H24N2O2S/c1-2-13-6-7-14(20-13)16-18(15(19)12-21-16)11-5-10-17-8-3-4-9-17/h6-7,16H,2-5,8-12H2,1H3. The molecule has 2 aliphatic rings. The molecule has 1 atom stereocenters. The van der Waals surface area contributed by atoms with Crippen molar-refractivity contribution in [3.63, 3.8) is 0 Å². The fourth-order valence-electron chi connectivity index (χ4n) is 3.12. The summed E-state index contributed by atoms with van der Waals surface area (Å²) in [6.45, 7) is 6.49. The number of carbonyl (C=O) groups excluding carboxylic acids is 1. The van der Waals surface area contributed by atoms with Gasteiger partial charge in [0.1, 0.15) is 16.9 Å². The van der Waals surface area contributed by atoms with Crippen LogP contribution < -0.4 is 0 Å². The summed E-state index contributed by atoms with van der Waals surface area (Å²) in [7, 11) is 0. The van der Waals surface area contributed by atoms with E-state index in [9.17, 15) is 4.79 Å².